The zero-order valence-corrected chi connectivity index (χ0v) is 12.7. The van der Waals surface area contributed by atoms with Crippen molar-refractivity contribution in [3.05, 3.63) is 57.0 Å². The van der Waals surface area contributed by atoms with E-state index < -0.39 is 0 Å². The molecule has 0 aliphatic heterocycles. The fourth-order valence-electron chi connectivity index (χ4n) is 1.86. The number of nitriles is 1. The van der Waals surface area contributed by atoms with Crippen molar-refractivity contribution in [2.45, 2.75) is 13.3 Å². The van der Waals surface area contributed by atoms with E-state index in [1.807, 2.05) is 24.3 Å². The molecule has 0 saturated carbocycles. The third-order valence-corrected chi connectivity index (χ3v) is 3.65. The molecule has 0 bridgehead atoms. The highest BCUT2D eigenvalue weighted by atomic mass is 79.9. The molecule has 2 aromatic rings. The lowest BCUT2D eigenvalue weighted by Crippen LogP contribution is -1.98. The zero-order valence-electron chi connectivity index (χ0n) is 10.4. The van der Waals surface area contributed by atoms with Gasteiger partial charge in [-0.2, -0.15) is 5.26 Å². The average Bonchev–Trinajstić information content (AvgIpc) is 2.41. The summed E-state index contributed by atoms with van der Waals surface area (Å²) in [6, 6.07) is 13.6. The minimum atomic E-state index is 0.461. The fourth-order valence-corrected chi connectivity index (χ4v) is 2.49. The number of hydrogen-bond donors (Lipinski definition) is 1. The molecule has 2 rings (SSSR count). The maximum atomic E-state index is 9.17. The van der Waals surface area contributed by atoms with Gasteiger partial charge < -0.3 is 5.32 Å². The number of halogens is 2. The summed E-state index contributed by atoms with van der Waals surface area (Å²) in [6.45, 7) is 2.09. The lowest BCUT2D eigenvalue weighted by atomic mass is 10.1. The lowest BCUT2D eigenvalue weighted by Gasteiger charge is -2.13. The molecular weight excluding hydrogens is 324 g/mol. The molecule has 0 heterocycles. The molecule has 0 aliphatic carbocycles. The zero-order chi connectivity index (χ0) is 13.8. The lowest BCUT2D eigenvalue weighted by molar-refractivity contribution is 1.14. The van der Waals surface area contributed by atoms with Gasteiger partial charge in [-0.25, -0.2) is 0 Å². The maximum Gasteiger partial charge on any atom is 0.103 e. The number of aryl methyl sites for hydroxylation is 1. The molecule has 0 aromatic heterocycles. The molecule has 0 atom stereocenters. The maximum absolute atomic E-state index is 9.17. The van der Waals surface area contributed by atoms with Gasteiger partial charge in [-0.05, 0) is 42.3 Å². The second-order valence-electron chi connectivity index (χ2n) is 4.05. The van der Waals surface area contributed by atoms with Gasteiger partial charge in [-0.1, -0.05) is 40.5 Å². The van der Waals surface area contributed by atoms with Crippen LogP contribution in [-0.4, -0.2) is 0 Å². The van der Waals surface area contributed by atoms with E-state index in [0.717, 1.165) is 22.3 Å². The smallest absolute Gasteiger partial charge is 0.103 e. The molecule has 0 aliphatic rings. The van der Waals surface area contributed by atoms with Crippen molar-refractivity contribution in [1.29, 1.82) is 5.26 Å². The highest BCUT2D eigenvalue weighted by Gasteiger charge is 2.08. The molecule has 4 heteroatoms. The van der Waals surface area contributed by atoms with Crippen molar-refractivity contribution in [1.82, 2.24) is 0 Å². The molecule has 0 unspecified atom stereocenters. The van der Waals surface area contributed by atoms with Crippen LogP contribution in [0.15, 0.2) is 40.9 Å². The minimum absolute atomic E-state index is 0.461. The number of anilines is 2. The largest absolute Gasteiger partial charge is 0.354 e. The number of rotatable bonds is 3. The van der Waals surface area contributed by atoms with Crippen LogP contribution in [0.3, 0.4) is 0 Å². The molecular formula is C15H12BrClN2. The van der Waals surface area contributed by atoms with E-state index in [-0.39, 0.29) is 0 Å². The number of benzene rings is 2. The molecule has 0 amide bonds. The SMILES string of the molecule is CCc1cc(Br)ccc1Nc1cccc(Cl)c1C#N. The molecule has 0 fully saturated rings. The highest BCUT2D eigenvalue weighted by molar-refractivity contribution is 9.10. The first kappa shape index (κ1) is 13.9. The van der Waals surface area contributed by atoms with Gasteiger partial charge in [-0.15, -0.1) is 0 Å². The van der Waals surface area contributed by atoms with Gasteiger partial charge in [0, 0.05) is 10.2 Å². The summed E-state index contributed by atoms with van der Waals surface area (Å²) < 4.78 is 1.04. The van der Waals surface area contributed by atoms with Crippen LogP contribution in [0.25, 0.3) is 0 Å². The van der Waals surface area contributed by atoms with Crippen molar-refractivity contribution in [2.24, 2.45) is 0 Å². The summed E-state index contributed by atoms with van der Waals surface area (Å²) in [7, 11) is 0. The van der Waals surface area contributed by atoms with Crippen LogP contribution < -0.4 is 5.32 Å². The van der Waals surface area contributed by atoms with Crippen LogP contribution in [0.1, 0.15) is 18.1 Å². The van der Waals surface area contributed by atoms with Crippen molar-refractivity contribution >= 4 is 38.9 Å². The van der Waals surface area contributed by atoms with Crippen molar-refractivity contribution in [3.8, 4) is 6.07 Å². The Kier molecular flexibility index (Phi) is 4.47. The third kappa shape index (κ3) is 3.09. The predicted octanol–water partition coefficient (Wildman–Crippen LogP) is 5.28. The summed E-state index contributed by atoms with van der Waals surface area (Å²) in [6.07, 6.45) is 0.907. The molecule has 19 heavy (non-hydrogen) atoms. The quantitative estimate of drug-likeness (QED) is 0.828. The summed E-state index contributed by atoms with van der Waals surface area (Å²) >= 11 is 9.49. The van der Waals surface area contributed by atoms with Gasteiger partial charge in [0.1, 0.15) is 6.07 Å². The fraction of sp³-hybridized carbons (Fsp3) is 0.133. The van der Waals surface area contributed by atoms with Gasteiger partial charge in [0.25, 0.3) is 0 Å². The van der Waals surface area contributed by atoms with Gasteiger partial charge in [-0.3, -0.25) is 0 Å². The van der Waals surface area contributed by atoms with Crippen LogP contribution in [0, 0.1) is 11.3 Å². The summed E-state index contributed by atoms with van der Waals surface area (Å²) in [5.74, 6) is 0. The first-order chi connectivity index (χ1) is 9.15. The van der Waals surface area contributed by atoms with Gasteiger partial charge in [0.2, 0.25) is 0 Å². The summed E-state index contributed by atoms with van der Waals surface area (Å²) in [5.41, 5.74) is 3.36. The van der Waals surface area contributed by atoms with Crippen LogP contribution in [0.5, 0.6) is 0 Å². The van der Waals surface area contributed by atoms with Crippen LogP contribution in [0.4, 0.5) is 11.4 Å². The molecule has 0 radical (unpaired) electrons. The Bertz CT molecular complexity index is 647. The second-order valence-corrected chi connectivity index (χ2v) is 5.38. The Morgan fingerprint density at radius 3 is 2.74 bits per heavy atom. The van der Waals surface area contributed by atoms with Crippen LogP contribution in [-0.2, 0) is 6.42 Å². The number of nitrogens with one attached hydrogen (secondary N) is 1. The first-order valence-corrected chi connectivity index (χ1v) is 7.07. The minimum Gasteiger partial charge on any atom is -0.354 e. The second kappa shape index (κ2) is 6.10. The number of nitrogens with zero attached hydrogens (tertiary/aromatic N) is 1. The predicted molar refractivity (Wildman–Crippen MR) is 83.0 cm³/mol. The standard InChI is InChI=1S/C15H12BrClN2/c1-2-10-8-11(16)6-7-14(10)19-15-5-3-4-13(17)12(15)9-18/h3-8,19H,2H2,1H3. The van der Waals surface area contributed by atoms with E-state index >= 15 is 0 Å². The van der Waals surface area contributed by atoms with Crippen molar-refractivity contribution in [2.75, 3.05) is 5.32 Å². The van der Waals surface area contributed by atoms with Crippen LogP contribution in [0.2, 0.25) is 5.02 Å². The van der Waals surface area contributed by atoms with Crippen LogP contribution >= 0.6 is 27.5 Å². The molecule has 2 nitrogen and oxygen atoms in total. The summed E-state index contributed by atoms with van der Waals surface area (Å²) in [4.78, 5) is 0. The highest BCUT2D eigenvalue weighted by Crippen LogP contribution is 2.29. The van der Waals surface area contributed by atoms with Gasteiger partial charge >= 0.3 is 0 Å². The van der Waals surface area contributed by atoms with E-state index in [2.05, 4.69) is 40.3 Å². The van der Waals surface area contributed by atoms with Gasteiger partial charge in [0.15, 0.2) is 0 Å². The molecule has 2 aromatic carbocycles. The molecule has 1 N–H and O–H groups in total. The molecule has 0 saturated heterocycles. The van der Waals surface area contributed by atoms with Crippen molar-refractivity contribution in [3.63, 3.8) is 0 Å². The Morgan fingerprint density at radius 2 is 2.05 bits per heavy atom. The molecule has 0 spiro atoms. The Balaban J connectivity index is 2.42. The van der Waals surface area contributed by atoms with Crippen molar-refractivity contribution < 1.29 is 0 Å². The molecule has 96 valence electrons. The van der Waals surface area contributed by atoms with Gasteiger partial charge in [0.05, 0.1) is 16.3 Å². The Labute approximate surface area is 126 Å². The normalized spacial score (nSPS) is 10.0. The van der Waals surface area contributed by atoms with E-state index in [9.17, 15) is 0 Å². The first-order valence-electron chi connectivity index (χ1n) is 5.89. The Hall–Kier alpha value is -1.50. The van der Waals surface area contributed by atoms with E-state index in [0.29, 0.717) is 10.6 Å². The topological polar surface area (TPSA) is 35.8 Å². The van der Waals surface area contributed by atoms with E-state index in [4.69, 9.17) is 16.9 Å². The van der Waals surface area contributed by atoms with E-state index in [1.54, 1.807) is 6.07 Å². The summed E-state index contributed by atoms with van der Waals surface area (Å²) in [5, 5.41) is 12.9. The number of hydrogen-bond acceptors (Lipinski definition) is 2. The average molecular weight is 336 g/mol. The third-order valence-electron chi connectivity index (χ3n) is 2.84. The monoisotopic (exact) mass is 334 g/mol. The van der Waals surface area contributed by atoms with E-state index in [1.165, 1.54) is 5.56 Å². The Morgan fingerprint density at radius 1 is 1.26 bits per heavy atom.